The van der Waals surface area contributed by atoms with Crippen molar-refractivity contribution in [3.63, 3.8) is 0 Å². The minimum atomic E-state index is -0.318. The van der Waals surface area contributed by atoms with Gasteiger partial charge in [-0.1, -0.05) is 0 Å². The Kier molecular flexibility index (Phi) is 6.42. The van der Waals surface area contributed by atoms with Crippen LogP contribution in [0.5, 0.6) is 11.5 Å². The molecule has 0 spiro atoms. The van der Waals surface area contributed by atoms with E-state index in [1.165, 1.54) is 0 Å². The van der Waals surface area contributed by atoms with Gasteiger partial charge in [-0.05, 0) is 42.8 Å². The number of hydrogen-bond acceptors (Lipinski definition) is 5. The second kappa shape index (κ2) is 8.53. The molecule has 1 amide bonds. The Morgan fingerprint density at radius 2 is 2.20 bits per heavy atom. The number of halogens is 1. The number of anilines is 1. The first-order valence-corrected chi connectivity index (χ1v) is 8.58. The Bertz CT molecular complexity index is 796. The van der Waals surface area contributed by atoms with Crippen molar-refractivity contribution in [3.8, 4) is 17.6 Å². The number of hydrogen-bond donors (Lipinski definition) is 1. The van der Waals surface area contributed by atoms with Crippen LogP contribution in [0.1, 0.15) is 32.4 Å². The number of nitriles is 1. The SMILES string of the molecule is CCOc1cc(C#N)cc(Br)c1OCC(=O)Nc1ccnn1C(C)C. The summed E-state index contributed by atoms with van der Waals surface area (Å²) in [5.74, 6) is 1.08. The Morgan fingerprint density at radius 1 is 1.44 bits per heavy atom. The predicted octanol–water partition coefficient (Wildman–Crippen LogP) is 3.51. The summed E-state index contributed by atoms with van der Waals surface area (Å²) in [6.07, 6.45) is 1.63. The first-order valence-electron chi connectivity index (χ1n) is 7.78. The summed E-state index contributed by atoms with van der Waals surface area (Å²) in [7, 11) is 0. The molecule has 1 N–H and O–H groups in total. The molecule has 0 atom stereocenters. The van der Waals surface area contributed by atoms with Crippen molar-refractivity contribution >= 4 is 27.7 Å². The molecular weight excluding hydrogens is 388 g/mol. The lowest BCUT2D eigenvalue weighted by Gasteiger charge is -2.15. The third-order valence-corrected chi connectivity index (χ3v) is 3.80. The van der Waals surface area contributed by atoms with E-state index in [1.807, 2.05) is 20.8 Å². The molecule has 1 aromatic heterocycles. The van der Waals surface area contributed by atoms with Gasteiger partial charge in [-0.2, -0.15) is 10.4 Å². The van der Waals surface area contributed by atoms with Gasteiger partial charge in [-0.25, -0.2) is 4.68 Å². The molecule has 0 saturated carbocycles. The van der Waals surface area contributed by atoms with E-state index in [0.29, 0.717) is 34.0 Å². The predicted molar refractivity (Wildman–Crippen MR) is 96.8 cm³/mol. The second-order valence-electron chi connectivity index (χ2n) is 5.42. The van der Waals surface area contributed by atoms with Gasteiger partial charge in [0.15, 0.2) is 18.1 Å². The molecule has 2 aromatic rings. The van der Waals surface area contributed by atoms with Gasteiger partial charge in [0.1, 0.15) is 5.82 Å². The van der Waals surface area contributed by atoms with Crippen LogP contribution in [0.15, 0.2) is 28.9 Å². The van der Waals surface area contributed by atoms with E-state index in [-0.39, 0.29) is 18.6 Å². The molecule has 2 rings (SSSR count). The van der Waals surface area contributed by atoms with E-state index in [9.17, 15) is 4.79 Å². The van der Waals surface area contributed by atoms with Crippen molar-refractivity contribution in [3.05, 3.63) is 34.4 Å². The van der Waals surface area contributed by atoms with Crippen LogP contribution in [-0.4, -0.2) is 28.9 Å². The van der Waals surface area contributed by atoms with E-state index in [4.69, 9.17) is 14.7 Å². The maximum atomic E-state index is 12.2. The van der Waals surface area contributed by atoms with Crippen LogP contribution < -0.4 is 14.8 Å². The molecule has 132 valence electrons. The van der Waals surface area contributed by atoms with Crippen LogP contribution in [0.2, 0.25) is 0 Å². The van der Waals surface area contributed by atoms with Gasteiger partial charge in [0, 0.05) is 18.2 Å². The molecule has 0 fully saturated rings. The first kappa shape index (κ1) is 18.8. The van der Waals surface area contributed by atoms with Crippen molar-refractivity contribution in [1.29, 1.82) is 5.26 Å². The average molecular weight is 407 g/mol. The normalized spacial score (nSPS) is 10.4. The quantitative estimate of drug-likeness (QED) is 0.759. The number of benzene rings is 1. The highest BCUT2D eigenvalue weighted by Gasteiger charge is 2.15. The number of rotatable bonds is 7. The zero-order valence-electron chi connectivity index (χ0n) is 14.2. The summed E-state index contributed by atoms with van der Waals surface area (Å²) in [6, 6.07) is 7.10. The van der Waals surface area contributed by atoms with Crippen molar-refractivity contribution in [1.82, 2.24) is 9.78 Å². The van der Waals surface area contributed by atoms with Crippen LogP contribution in [0.25, 0.3) is 0 Å². The monoisotopic (exact) mass is 406 g/mol. The van der Waals surface area contributed by atoms with Gasteiger partial charge in [0.2, 0.25) is 0 Å². The molecular formula is C17H19BrN4O3. The molecule has 0 aliphatic heterocycles. The Hall–Kier alpha value is -2.53. The lowest BCUT2D eigenvalue weighted by Crippen LogP contribution is -2.23. The number of nitrogens with zero attached hydrogens (tertiary/aromatic N) is 3. The molecule has 7 nitrogen and oxygen atoms in total. The number of carbonyl (C=O) groups excluding carboxylic acids is 1. The fraction of sp³-hybridized carbons (Fsp3) is 0.353. The topological polar surface area (TPSA) is 89.2 Å². The van der Waals surface area contributed by atoms with Crippen LogP contribution in [-0.2, 0) is 4.79 Å². The number of amides is 1. The fourth-order valence-electron chi connectivity index (χ4n) is 2.18. The van der Waals surface area contributed by atoms with Crippen LogP contribution >= 0.6 is 15.9 Å². The lowest BCUT2D eigenvalue weighted by atomic mass is 10.2. The Labute approximate surface area is 154 Å². The summed E-state index contributed by atoms with van der Waals surface area (Å²) in [6.45, 7) is 5.99. The van der Waals surface area contributed by atoms with Crippen molar-refractivity contribution in [2.24, 2.45) is 0 Å². The van der Waals surface area contributed by atoms with Gasteiger partial charge in [0.25, 0.3) is 5.91 Å². The Balaban J connectivity index is 2.09. The maximum Gasteiger partial charge on any atom is 0.263 e. The van der Waals surface area contributed by atoms with Gasteiger partial charge in [-0.3, -0.25) is 4.79 Å². The zero-order valence-corrected chi connectivity index (χ0v) is 15.8. The lowest BCUT2D eigenvalue weighted by molar-refractivity contribution is -0.118. The van der Waals surface area contributed by atoms with E-state index in [0.717, 1.165) is 0 Å². The number of aromatic nitrogens is 2. The standard InChI is InChI=1S/C17H19BrN4O3/c1-4-24-14-8-12(9-19)7-13(18)17(14)25-10-16(23)21-15-5-6-20-22(15)11(2)3/h5-8,11H,4,10H2,1-3H3,(H,21,23). The third-order valence-electron chi connectivity index (χ3n) is 3.21. The highest BCUT2D eigenvalue weighted by atomic mass is 79.9. The second-order valence-corrected chi connectivity index (χ2v) is 6.28. The zero-order chi connectivity index (χ0) is 18.4. The molecule has 0 aliphatic rings. The number of ether oxygens (including phenoxy) is 2. The van der Waals surface area contributed by atoms with Crippen molar-refractivity contribution in [2.45, 2.75) is 26.8 Å². The minimum absolute atomic E-state index is 0.128. The molecule has 0 radical (unpaired) electrons. The molecule has 0 aliphatic carbocycles. The van der Waals surface area contributed by atoms with Gasteiger partial charge in [0.05, 0.1) is 28.9 Å². The molecule has 0 unspecified atom stereocenters. The summed E-state index contributed by atoms with van der Waals surface area (Å²) >= 11 is 3.35. The minimum Gasteiger partial charge on any atom is -0.490 e. The summed E-state index contributed by atoms with van der Waals surface area (Å²) in [4.78, 5) is 12.2. The van der Waals surface area contributed by atoms with Crippen molar-refractivity contribution < 1.29 is 14.3 Å². The summed E-state index contributed by atoms with van der Waals surface area (Å²) < 4.78 is 13.4. The fourth-order valence-corrected chi connectivity index (χ4v) is 2.73. The van der Waals surface area contributed by atoms with E-state index < -0.39 is 0 Å². The molecule has 1 aromatic carbocycles. The summed E-state index contributed by atoms with van der Waals surface area (Å²) in [5, 5.41) is 16.0. The summed E-state index contributed by atoms with van der Waals surface area (Å²) in [5.41, 5.74) is 0.438. The van der Waals surface area contributed by atoms with Crippen LogP contribution in [0, 0.1) is 11.3 Å². The molecule has 0 saturated heterocycles. The Morgan fingerprint density at radius 3 is 2.84 bits per heavy atom. The van der Waals surface area contributed by atoms with Crippen molar-refractivity contribution in [2.75, 3.05) is 18.5 Å². The highest BCUT2D eigenvalue weighted by Crippen LogP contribution is 2.36. The maximum absolute atomic E-state index is 12.2. The van der Waals surface area contributed by atoms with Crippen LogP contribution in [0.3, 0.4) is 0 Å². The van der Waals surface area contributed by atoms with Gasteiger partial charge < -0.3 is 14.8 Å². The highest BCUT2D eigenvalue weighted by molar-refractivity contribution is 9.10. The third kappa shape index (κ3) is 4.73. The van der Waals surface area contributed by atoms with Gasteiger partial charge in [-0.15, -0.1) is 0 Å². The molecule has 25 heavy (non-hydrogen) atoms. The molecule has 8 heteroatoms. The molecule has 1 heterocycles. The molecule has 0 bridgehead atoms. The van der Waals surface area contributed by atoms with Crippen LogP contribution in [0.4, 0.5) is 5.82 Å². The smallest absolute Gasteiger partial charge is 0.263 e. The largest absolute Gasteiger partial charge is 0.490 e. The first-order chi connectivity index (χ1) is 12.0. The van der Waals surface area contributed by atoms with E-state index in [2.05, 4.69) is 32.4 Å². The number of nitrogens with one attached hydrogen (secondary N) is 1. The van der Waals surface area contributed by atoms with Gasteiger partial charge >= 0.3 is 0 Å². The number of carbonyl (C=O) groups is 1. The average Bonchev–Trinajstić information content (AvgIpc) is 3.02. The van der Waals surface area contributed by atoms with E-state index >= 15 is 0 Å². The van der Waals surface area contributed by atoms with E-state index in [1.54, 1.807) is 29.1 Å².